The Hall–Kier alpha value is -0.530. The molecule has 0 saturated heterocycles. The molecule has 1 aliphatic carbocycles. The van der Waals surface area contributed by atoms with Gasteiger partial charge in [0, 0.05) is 12.0 Å². The Bertz CT molecular complexity index is 207. The minimum absolute atomic E-state index is 0.248. The third-order valence-electron chi connectivity index (χ3n) is 3.97. The maximum absolute atomic E-state index is 12.1. The smallest absolute Gasteiger partial charge is 0.223 e. The van der Waals surface area contributed by atoms with Crippen molar-refractivity contribution in [1.82, 2.24) is 5.32 Å². The summed E-state index contributed by atoms with van der Waals surface area (Å²) >= 11 is 0. The van der Waals surface area contributed by atoms with Gasteiger partial charge in [-0.2, -0.15) is 0 Å². The maximum atomic E-state index is 12.1. The van der Waals surface area contributed by atoms with Gasteiger partial charge in [-0.05, 0) is 25.7 Å². The molecule has 1 aliphatic rings. The first-order chi connectivity index (χ1) is 8.27. The molecule has 0 aromatic carbocycles. The highest BCUT2D eigenvalue weighted by molar-refractivity contribution is 5.78. The quantitative estimate of drug-likeness (QED) is 0.696. The van der Waals surface area contributed by atoms with Crippen molar-refractivity contribution in [3.8, 4) is 0 Å². The first kappa shape index (κ1) is 14.5. The molecule has 1 saturated carbocycles. The summed E-state index contributed by atoms with van der Waals surface area (Å²) in [5.74, 6) is 0.561. The van der Waals surface area contributed by atoms with Crippen LogP contribution in [0.5, 0.6) is 0 Å². The van der Waals surface area contributed by atoms with Gasteiger partial charge < -0.3 is 5.32 Å². The van der Waals surface area contributed by atoms with E-state index in [1.807, 2.05) is 0 Å². The van der Waals surface area contributed by atoms with E-state index in [1.54, 1.807) is 0 Å². The van der Waals surface area contributed by atoms with E-state index in [9.17, 15) is 4.79 Å². The van der Waals surface area contributed by atoms with E-state index in [2.05, 4.69) is 19.2 Å². The van der Waals surface area contributed by atoms with Gasteiger partial charge in [0.05, 0.1) is 0 Å². The van der Waals surface area contributed by atoms with E-state index in [-0.39, 0.29) is 5.92 Å². The molecule has 17 heavy (non-hydrogen) atoms. The largest absolute Gasteiger partial charge is 0.353 e. The summed E-state index contributed by atoms with van der Waals surface area (Å²) in [7, 11) is 0. The standard InChI is InChI=1S/C15H29NO/c1-3-5-10-13(4-2)15(17)16-14-11-8-6-7-9-12-14/h13-14H,3-12H2,1-2H3,(H,16,17). The van der Waals surface area contributed by atoms with Crippen LogP contribution in [0, 0.1) is 5.92 Å². The molecule has 0 aliphatic heterocycles. The van der Waals surface area contributed by atoms with Crippen molar-refractivity contribution in [1.29, 1.82) is 0 Å². The molecule has 100 valence electrons. The summed E-state index contributed by atoms with van der Waals surface area (Å²) < 4.78 is 0. The van der Waals surface area contributed by atoms with Crippen molar-refractivity contribution in [3.05, 3.63) is 0 Å². The van der Waals surface area contributed by atoms with E-state index in [0.717, 1.165) is 12.8 Å². The molecule has 2 nitrogen and oxygen atoms in total. The second-order valence-corrected chi connectivity index (χ2v) is 5.44. The normalized spacial score (nSPS) is 19.6. The lowest BCUT2D eigenvalue weighted by molar-refractivity contribution is -0.126. The zero-order valence-electron chi connectivity index (χ0n) is 11.6. The monoisotopic (exact) mass is 239 g/mol. The van der Waals surface area contributed by atoms with E-state index >= 15 is 0 Å². The Morgan fingerprint density at radius 1 is 1.18 bits per heavy atom. The van der Waals surface area contributed by atoms with Crippen molar-refractivity contribution in [2.45, 2.75) is 84.1 Å². The minimum atomic E-state index is 0.248. The van der Waals surface area contributed by atoms with Crippen LogP contribution in [0.3, 0.4) is 0 Å². The third-order valence-corrected chi connectivity index (χ3v) is 3.97. The van der Waals surface area contributed by atoms with Gasteiger partial charge in [0.25, 0.3) is 0 Å². The van der Waals surface area contributed by atoms with Crippen LogP contribution < -0.4 is 5.32 Å². The van der Waals surface area contributed by atoms with Crippen LogP contribution in [-0.4, -0.2) is 11.9 Å². The minimum Gasteiger partial charge on any atom is -0.353 e. The van der Waals surface area contributed by atoms with Crippen LogP contribution in [0.15, 0.2) is 0 Å². The van der Waals surface area contributed by atoms with Gasteiger partial charge in [0.15, 0.2) is 0 Å². The highest BCUT2D eigenvalue weighted by Gasteiger charge is 2.20. The maximum Gasteiger partial charge on any atom is 0.223 e. The lowest BCUT2D eigenvalue weighted by Crippen LogP contribution is -2.38. The molecule has 0 spiro atoms. The number of nitrogens with one attached hydrogen (secondary N) is 1. The molecule has 0 radical (unpaired) electrons. The summed E-state index contributed by atoms with van der Waals surface area (Å²) in [6, 6.07) is 0.459. The molecule has 2 heteroatoms. The fraction of sp³-hybridized carbons (Fsp3) is 0.933. The molecule has 0 bridgehead atoms. The van der Waals surface area contributed by atoms with Crippen molar-refractivity contribution in [2.75, 3.05) is 0 Å². The SMILES string of the molecule is CCCCC(CC)C(=O)NC1CCCCCC1. The Kier molecular flexibility index (Phi) is 7.30. The first-order valence-corrected chi connectivity index (χ1v) is 7.58. The van der Waals surface area contributed by atoms with Crippen molar-refractivity contribution in [3.63, 3.8) is 0 Å². The van der Waals surface area contributed by atoms with Crippen LogP contribution in [0.1, 0.15) is 78.1 Å². The summed E-state index contributed by atoms with van der Waals surface area (Å²) in [5.41, 5.74) is 0. The first-order valence-electron chi connectivity index (χ1n) is 7.58. The average molecular weight is 239 g/mol. The Balaban J connectivity index is 2.33. The van der Waals surface area contributed by atoms with Gasteiger partial charge in [-0.25, -0.2) is 0 Å². The third kappa shape index (κ3) is 5.56. The average Bonchev–Trinajstić information content (AvgIpc) is 2.58. The van der Waals surface area contributed by atoms with E-state index in [1.165, 1.54) is 51.4 Å². The predicted molar refractivity (Wildman–Crippen MR) is 72.9 cm³/mol. The van der Waals surface area contributed by atoms with Crippen LogP contribution in [-0.2, 0) is 4.79 Å². The number of carbonyl (C=O) groups is 1. The molecule has 0 aromatic heterocycles. The molecule has 1 amide bonds. The van der Waals surface area contributed by atoms with Crippen molar-refractivity contribution >= 4 is 5.91 Å². The summed E-state index contributed by atoms with van der Waals surface area (Å²) in [6.45, 7) is 4.32. The highest BCUT2D eigenvalue weighted by atomic mass is 16.1. The van der Waals surface area contributed by atoms with E-state index in [0.29, 0.717) is 11.9 Å². The Labute approximate surface area is 107 Å². The molecule has 1 atom stereocenters. The van der Waals surface area contributed by atoms with Crippen LogP contribution in [0.4, 0.5) is 0 Å². The van der Waals surface area contributed by atoms with Gasteiger partial charge in [-0.1, -0.05) is 52.4 Å². The van der Waals surface area contributed by atoms with Gasteiger partial charge in [-0.15, -0.1) is 0 Å². The van der Waals surface area contributed by atoms with Gasteiger partial charge >= 0.3 is 0 Å². The molecular weight excluding hydrogens is 210 g/mol. The lowest BCUT2D eigenvalue weighted by atomic mass is 9.97. The summed E-state index contributed by atoms with van der Waals surface area (Å²) in [6.07, 6.45) is 12.1. The Morgan fingerprint density at radius 3 is 2.35 bits per heavy atom. The molecule has 1 fully saturated rings. The summed E-state index contributed by atoms with van der Waals surface area (Å²) in [5, 5.41) is 3.28. The molecule has 1 N–H and O–H groups in total. The number of unbranched alkanes of at least 4 members (excludes halogenated alkanes) is 1. The van der Waals surface area contributed by atoms with Crippen LogP contribution >= 0.6 is 0 Å². The molecule has 0 heterocycles. The fourth-order valence-electron chi connectivity index (χ4n) is 2.71. The second kappa shape index (κ2) is 8.54. The van der Waals surface area contributed by atoms with E-state index < -0.39 is 0 Å². The number of hydrogen-bond acceptors (Lipinski definition) is 1. The zero-order valence-corrected chi connectivity index (χ0v) is 11.6. The number of hydrogen-bond donors (Lipinski definition) is 1. The highest BCUT2D eigenvalue weighted by Crippen LogP contribution is 2.19. The molecule has 1 rings (SSSR count). The van der Waals surface area contributed by atoms with Crippen molar-refractivity contribution < 1.29 is 4.79 Å². The topological polar surface area (TPSA) is 29.1 Å². The van der Waals surface area contributed by atoms with E-state index in [4.69, 9.17) is 0 Å². The van der Waals surface area contributed by atoms with Crippen molar-refractivity contribution in [2.24, 2.45) is 5.92 Å². The lowest BCUT2D eigenvalue weighted by Gasteiger charge is -2.20. The van der Waals surface area contributed by atoms with Gasteiger partial charge in [0.1, 0.15) is 0 Å². The second-order valence-electron chi connectivity index (χ2n) is 5.44. The molecular formula is C15H29NO. The Morgan fingerprint density at radius 2 is 1.82 bits per heavy atom. The molecule has 1 unspecified atom stereocenters. The number of carbonyl (C=O) groups excluding carboxylic acids is 1. The van der Waals surface area contributed by atoms with Crippen LogP contribution in [0.2, 0.25) is 0 Å². The van der Waals surface area contributed by atoms with Gasteiger partial charge in [-0.3, -0.25) is 4.79 Å². The number of rotatable bonds is 6. The zero-order chi connectivity index (χ0) is 12.5. The molecule has 0 aromatic rings. The number of amides is 1. The van der Waals surface area contributed by atoms with Crippen LogP contribution in [0.25, 0.3) is 0 Å². The fourth-order valence-corrected chi connectivity index (χ4v) is 2.71. The summed E-state index contributed by atoms with van der Waals surface area (Å²) in [4.78, 5) is 12.1. The van der Waals surface area contributed by atoms with Gasteiger partial charge in [0.2, 0.25) is 5.91 Å². The predicted octanol–water partition coefficient (Wildman–Crippen LogP) is 4.04.